The molecule has 0 spiro atoms. The molecule has 1 unspecified atom stereocenters. The van der Waals surface area contributed by atoms with Gasteiger partial charge in [-0.2, -0.15) is 0 Å². The van der Waals surface area contributed by atoms with Crippen molar-refractivity contribution in [1.29, 1.82) is 0 Å². The number of piperazine rings is 1. The van der Waals surface area contributed by atoms with Crippen LogP contribution in [-0.2, 0) is 10.0 Å². The Morgan fingerprint density at radius 3 is 2.61 bits per heavy atom. The van der Waals surface area contributed by atoms with Crippen molar-refractivity contribution in [1.82, 2.24) is 10.2 Å². The molecule has 0 saturated carbocycles. The van der Waals surface area contributed by atoms with Crippen molar-refractivity contribution < 1.29 is 13.2 Å². The van der Waals surface area contributed by atoms with Crippen LogP contribution in [0.15, 0.2) is 47.4 Å². The van der Waals surface area contributed by atoms with E-state index in [2.05, 4.69) is 10.0 Å². The van der Waals surface area contributed by atoms with Crippen LogP contribution in [0, 0.1) is 13.8 Å². The summed E-state index contributed by atoms with van der Waals surface area (Å²) in [5.41, 5.74) is 2.18. The second kappa shape index (κ2) is 8.94. The second-order valence-corrected chi connectivity index (χ2v) is 8.68. The van der Waals surface area contributed by atoms with E-state index < -0.39 is 10.0 Å². The van der Waals surface area contributed by atoms with Crippen LogP contribution < -0.4 is 10.0 Å². The lowest BCUT2D eigenvalue weighted by Gasteiger charge is -2.32. The smallest absolute Gasteiger partial charge is 0.262 e. The monoisotopic (exact) mass is 423 g/mol. The molecule has 8 heteroatoms. The Bertz CT molecular complexity index is 963. The Morgan fingerprint density at radius 2 is 1.89 bits per heavy atom. The molecule has 1 heterocycles. The summed E-state index contributed by atoms with van der Waals surface area (Å²) in [6.07, 6.45) is 0. The van der Waals surface area contributed by atoms with Crippen molar-refractivity contribution in [3.05, 3.63) is 59.2 Å². The van der Waals surface area contributed by atoms with E-state index in [1.54, 1.807) is 48.2 Å². The molecule has 1 aliphatic rings. The molecule has 1 amide bonds. The quantitative estimate of drug-likeness (QED) is 0.792. The fourth-order valence-corrected chi connectivity index (χ4v) is 4.65. The second-order valence-electron chi connectivity index (χ2n) is 7.03. The van der Waals surface area contributed by atoms with Gasteiger partial charge in [-0.1, -0.05) is 24.3 Å². The largest absolute Gasteiger partial charge is 0.336 e. The first kappa shape index (κ1) is 22.2. The SMILES string of the molecule is Cc1ccc(C)c(S(=O)(=O)Nc2ccccc2C(=O)N2CCNC(C)C2)c1.Cl. The molecule has 0 radical (unpaired) electrons. The number of amides is 1. The molecule has 28 heavy (non-hydrogen) atoms. The maximum Gasteiger partial charge on any atom is 0.262 e. The Balaban J connectivity index is 0.00000280. The minimum Gasteiger partial charge on any atom is -0.336 e. The van der Waals surface area contributed by atoms with Crippen molar-refractivity contribution in [2.24, 2.45) is 0 Å². The van der Waals surface area contributed by atoms with Crippen LogP contribution in [0.5, 0.6) is 0 Å². The summed E-state index contributed by atoms with van der Waals surface area (Å²) in [4.78, 5) is 15.0. The van der Waals surface area contributed by atoms with Gasteiger partial charge < -0.3 is 10.2 Å². The van der Waals surface area contributed by atoms with Gasteiger partial charge in [-0.15, -0.1) is 12.4 Å². The average Bonchev–Trinajstić information content (AvgIpc) is 2.63. The fraction of sp³-hybridized carbons (Fsp3) is 0.350. The van der Waals surface area contributed by atoms with E-state index >= 15 is 0 Å². The minimum atomic E-state index is -3.80. The number of rotatable bonds is 4. The van der Waals surface area contributed by atoms with E-state index in [0.717, 1.165) is 12.1 Å². The zero-order chi connectivity index (χ0) is 19.6. The third-order valence-electron chi connectivity index (χ3n) is 4.69. The van der Waals surface area contributed by atoms with Gasteiger partial charge in [-0.05, 0) is 50.1 Å². The van der Waals surface area contributed by atoms with Gasteiger partial charge in [0.25, 0.3) is 15.9 Å². The van der Waals surface area contributed by atoms with Gasteiger partial charge in [0.05, 0.1) is 16.1 Å². The molecular weight excluding hydrogens is 398 g/mol. The number of nitrogens with zero attached hydrogens (tertiary/aromatic N) is 1. The molecule has 152 valence electrons. The fourth-order valence-electron chi connectivity index (χ4n) is 3.24. The highest BCUT2D eigenvalue weighted by molar-refractivity contribution is 7.92. The zero-order valence-corrected chi connectivity index (χ0v) is 17.9. The highest BCUT2D eigenvalue weighted by Gasteiger charge is 2.25. The number of carbonyl (C=O) groups is 1. The third kappa shape index (κ3) is 4.84. The van der Waals surface area contributed by atoms with Crippen molar-refractivity contribution >= 4 is 34.0 Å². The maximum absolute atomic E-state index is 13.0. The summed E-state index contributed by atoms with van der Waals surface area (Å²) < 4.78 is 28.5. The van der Waals surface area contributed by atoms with Crippen LogP contribution >= 0.6 is 12.4 Å². The van der Waals surface area contributed by atoms with Crippen molar-refractivity contribution in [2.45, 2.75) is 31.7 Å². The maximum atomic E-state index is 13.0. The van der Waals surface area contributed by atoms with E-state index in [1.165, 1.54) is 0 Å². The van der Waals surface area contributed by atoms with Gasteiger partial charge in [-0.3, -0.25) is 9.52 Å². The third-order valence-corrected chi connectivity index (χ3v) is 6.20. The molecule has 6 nitrogen and oxygen atoms in total. The minimum absolute atomic E-state index is 0. The molecule has 2 aromatic carbocycles. The van der Waals surface area contributed by atoms with Gasteiger partial charge in [0.1, 0.15) is 0 Å². The zero-order valence-electron chi connectivity index (χ0n) is 16.2. The number of nitrogens with one attached hydrogen (secondary N) is 2. The predicted molar refractivity (Wildman–Crippen MR) is 114 cm³/mol. The number of benzene rings is 2. The number of anilines is 1. The number of para-hydroxylation sites is 1. The summed E-state index contributed by atoms with van der Waals surface area (Å²) in [6.45, 7) is 7.55. The summed E-state index contributed by atoms with van der Waals surface area (Å²) in [6, 6.07) is 12.3. The molecule has 3 rings (SSSR count). The Kier molecular flexibility index (Phi) is 7.09. The van der Waals surface area contributed by atoms with Crippen LogP contribution in [0.3, 0.4) is 0 Å². The van der Waals surface area contributed by atoms with E-state index in [4.69, 9.17) is 0 Å². The Hall–Kier alpha value is -2.09. The topological polar surface area (TPSA) is 78.5 Å². The summed E-state index contributed by atoms with van der Waals surface area (Å²) in [5.74, 6) is -0.164. The first-order valence-electron chi connectivity index (χ1n) is 8.99. The summed E-state index contributed by atoms with van der Waals surface area (Å²) >= 11 is 0. The van der Waals surface area contributed by atoms with Gasteiger partial charge in [-0.25, -0.2) is 8.42 Å². The first-order chi connectivity index (χ1) is 12.8. The average molecular weight is 424 g/mol. The molecule has 1 fully saturated rings. The summed E-state index contributed by atoms with van der Waals surface area (Å²) in [5, 5.41) is 3.30. The van der Waals surface area contributed by atoms with Crippen molar-refractivity contribution in [2.75, 3.05) is 24.4 Å². The van der Waals surface area contributed by atoms with Crippen molar-refractivity contribution in [3.8, 4) is 0 Å². The molecule has 1 atom stereocenters. The number of halogens is 1. The molecule has 1 aliphatic heterocycles. The number of hydrogen-bond acceptors (Lipinski definition) is 4. The normalized spacial score (nSPS) is 17.0. The lowest BCUT2D eigenvalue weighted by Crippen LogP contribution is -2.51. The highest BCUT2D eigenvalue weighted by Crippen LogP contribution is 2.24. The van der Waals surface area contributed by atoms with Crippen molar-refractivity contribution in [3.63, 3.8) is 0 Å². The predicted octanol–water partition coefficient (Wildman–Crippen LogP) is 2.96. The van der Waals surface area contributed by atoms with E-state index in [9.17, 15) is 13.2 Å². The van der Waals surface area contributed by atoms with Crippen LogP contribution in [0.4, 0.5) is 5.69 Å². The lowest BCUT2D eigenvalue weighted by atomic mass is 10.1. The molecule has 0 aromatic heterocycles. The lowest BCUT2D eigenvalue weighted by molar-refractivity contribution is 0.0710. The molecule has 0 aliphatic carbocycles. The first-order valence-corrected chi connectivity index (χ1v) is 10.5. The molecule has 2 aromatic rings. The van der Waals surface area contributed by atoms with Crippen LogP contribution in [0.25, 0.3) is 0 Å². The molecule has 1 saturated heterocycles. The van der Waals surface area contributed by atoms with E-state index in [0.29, 0.717) is 29.9 Å². The standard InChI is InChI=1S/C20H25N3O3S.ClH/c1-14-8-9-15(2)19(12-14)27(25,26)22-18-7-5-4-6-17(18)20(24)23-11-10-21-16(3)13-23;/h4-9,12,16,21-22H,10-11,13H2,1-3H3;1H. The number of sulfonamides is 1. The van der Waals surface area contributed by atoms with Gasteiger partial charge >= 0.3 is 0 Å². The molecular formula is C20H26ClN3O3S. The van der Waals surface area contributed by atoms with Crippen LogP contribution in [0.2, 0.25) is 0 Å². The number of hydrogen-bond donors (Lipinski definition) is 2. The van der Waals surface area contributed by atoms with Gasteiger partial charge in [0.15, 0.2) is 0 Å². The van der Waals surface area contributed by atoms with E-state index in [1.807, 2.05) is 19.9 Å². The number of carbonyl (C=O) groups excluding carboxylic acids is 1. The Labute approximate surface area is 172 Å². The van der Waals surface area contributed by atoms with Crippen LogP contribution in [0.1, 0.15) is 28.4 Å². The Morgan fingerprint density at radius 1 is 1.18 bits per heavy atom. The molecule has 0 bridgehead atoms. The van der Waals surface area contributed by atoms with Gasteiger partial charge in [0, 0.05) is 25.7 Å². The van der Waals surface area contributed by atoms with Crippen LogP contribution in [-0.4, -0.2) is 44.9 Å². The number of aryl methyl sites for hydroxylation is 2. The van der Waals surface area contributed by atoms with E-state index in [-0.39, 0.29) is 29.3 Å². The summed E-state index contributed by atoms with van der Waals surface area (Å²) in [7, 11) is -3.80. The van der Waals surface area contributed by atoms with Gasteiger partial charge in [0.2, 0.25) is 0 Å². The molecule has 2 N–H and O–H groups in total. The highest BCUT2D eigenvalue weighted by atomic mass is 35.5.